The molecule has 2 N–H and O–H groups in total. The molecule has 0 aliphatic heterocycles. The van der Waals surface area contributed by atoms with Crippen LogP contribution in [0.25, 0.3) is 0 Å². The number of rotatable bonds is 4. The van der Waals surface area contributed by atoms with Crippen LogP contribution in [0, 0.1) is 16.7 Å². The number of aliphatic hydroxyl groups is 1. The standard InChI is InChI=1S/C11H15N3O/c1-11(2,8-15)7-14-10-6-13-4-3-9(10)5-12/h3-4,6,14-15H,7-8H2,1-2H3. The summed E-state index contributed by atoms with van der Waals surface area (Å²) in [4.78, 5) is 3.94. The van der Waals surface area contributed by atoms with E-state index in [1.165, 1.54) is 0 Å². The predicted molar refractivity (Wildman–Crippen MR) is 58.3 cm³/mol. The molecule has 1 rings (SSSR count). The average molecular weight is 205 g/mol. The van der Waals surface area contributed by atoms with Crippen LogP contribution >= 0.6 is 0 Å². The Labute approximate surface area is 89.6 Å². The molecule has 1 heterocycles. The first-order valence-electron chi connectivity index (χ1n) is 4.78. The number of nitriles is 1. The fraction of sp³-hybridized carbons (Fsp3) is 0.455. The lowest BCUT2D eigenvalue weighted by molar-refractivity contribution is 0.171. The van der Waals surface area contributed by atoms with Crippen molar-refractivity contribution in [3.63, 3.8) is 0 Å². The minimum Gasteiger partial charge on any atom is -0.396 e. The largest absolute Gasteiger partial charge is 0.396 e. The maximum absolute atomic E-state index is 9.08. The summed E-state index contributed by atoms with van der Waals surface area (Å²) >= 11 is 0. The molecule has 0 aromatic carbocycles. The Balaban J connectivity index is 2.70. The Bertz CT molecular complexity index is 368. The monoisotopic (exact) mass is 205 g/mol. The summed E-state index contributed by atoms with van der Waals surface area (Å²) in [7, 11) is 0. The summed E-state index contributed by atoms with van der Waals surface area (Å²) in [6.45, 7) is 4.59. The van der Waals surface area contributed by atoms with Gasteiger partial charge in [-0.1, -0.05) is 13.8 Å². The minimum absolute atomic E-state index is 0.0994. The Hall–Kier alpha value is -1.60. The van der Waals surface area contributed by atoms with Crippen molar-refractivity contribution in [3.8, 4) is 6.07 Å². The Morgan fingerprint density at radius 3 is 2.93 bits per heavy atom. The molecule has 0 aliphatic carbocycles. The van der Waals surface area contributed by atoms with Crippen LogP contribution in [-0.4, -0.2) is 23.2 Å². The fourth-order valence-corrected chi connectivity index (χ4v) is 1.02. The number of hydrogen-bond donors (Lipinski definition) is 2. The van der Waals surface area contributed by atoms with Crippen LogP contribution < -0.4 is 5.32 Å². The second kappa shape index (κ2) is 4.76. The zero-order valence-electron chi connectivity index (χ0n) is 8.99. The zero-order valence-corrected chi connectivity index (χ0v) is 8.99. The van der Waals surface area contributed by atoms with Crippen molar-refractivity contribution in [2.24, 2.45) is 5.41 Å². The minimum atomic E-state index is -0.206. The molecular weight excluding hydrogens is 190 g/mol. The van der Waals surface area contributed by atoms with E-state index < -0.39 is 0 Å². The van der Waals surface area contributed by atoms with Gasteiger partial charge in [0.2, 0.25) is 0 Å². The highest BCUT2D eigenvalue weighted by molar-refractivity contribution is 5.55. The molecule has 0 radical (unpaired) electrons. The van der Waals surface area contributed by atoms with Gasteiger partial charge in [0.1, 0.15) is 6.07 Å². The van der Waals surface area contributed by atoms with Crippen LogP contribution in [0.2, 0.25) is 0 Å². The van der Waals surface area contributed by atoms with Gasteiger partial charge in [-0.2, -0.15) is 5.26 Å². The Morgan fingerprint density at radius 2 is 2.33 bits per heavy atom. The third kappa shape index (κ3) is 3.22. The van der Waals surface area contributed by atoms with E-state index in [1.54, 1.807) is 18.5 Å². The van der Waals surface area contributed by atoms with Crippen molar-refractivity contribution < 1.29 is 5.11 Å². The molecule has 0 fully saturated rings. The van der Waals surface area contributed by atoms with E-state index in [0.717, 1.165) is 0 Å². The van der Waals surface area contributed by atoms with Crippen molar-refractivity contribution in [2.75, 3.05) is 18.5 Å². The maximum Gasteiger partial charge on any atom is 0.101 e. The molecule has 0 spiro atoms. The zero-order chi connectivity index (χ0) is 11.3. The molecule has 1 aromatic rings. The summed E-state index contributed by atoms with van der Waals surface area (Å²) < 4.78 is 0. The van der Waals surface area contributed by atoms with Gasteiger partial charge in [-0.25, -0.2) is 0 Å². The number of hydrogen-bond acceptors (Lipinski definition) is 4. The molecule has 0 amide bonds. The van der Waals surface area contributed by atoms with E-state index >= 15 is 0 Å². The average Bonchev–Trinajstić information content (AvgIpc) is 2.27. The molecule has 0 saturated heterocycles. The summed E-state index contributed by atoms with van der Waals surface area (Å²) in [5, 5.41) is 21.0. The predicted octanol–water partition coefficient (Wildman–Crippen LogP) is 1.38. The molecule has 4 nitrogen and oxygen atoms in total. The first-order chi connectivity index (χ1) is 7.09. The molecular formula is C11H15N3O. The second-order valence-electron chi connectivity index (χ2n) is 4.21. The van der Waals surface area contributed by atoms with Crippen molar-refractivity contribution in [1.29, 1.82) is 5.26 Å². The van der Waals surface area contributed by atoms with E-state index in [-0.39, 0.29) is 12.0 Å². The van der Waals surface area contributed by atoms with E-state index in [0.29, 0.717) is 17.8 Å². The highest BCUT2D eigenvalue weighted by Gasteiger charge is 2.16. The van der Waals surface area contributed by atoms with Gasteiger partial charge < -0.3 is 10.4 Å². The highest BCUT2D eigenvalue weighted by atomic mass is 16.3. The molecule has 15 heavy (non-hydrogen) atoms. The lowest BCUT2D eigenvalue weighted by Crippen LogP contribution is -2.27. The van der Waals surface area contributed by atoms with Crippen molar-refractivity contribution >= 4 is 5.69 Å². The van der Waals surface area contributed by atoms with Gasteiger partial charge >= 0.3 is 0 Å². The summed E-state index contributed by atoms with van der Waals surface area (Å²) in [5.74, 6) is 0. The van der Waals surface area contributed by atoms with Gasteiger partial charge in [0.15, 0.2) is 0 Å². The quantitative estimate of drug-likeness (QED) is 0.779. The van der Waals surface area contributed by atoms with Crippen LogP contribution in [0.1, 0.15) is 19.4 Å². The summed E-state index contributed by atoms with van der Waals surface area (Å²) in [6, 6.07) is 3.75. The molecule has 0 aliphatic rings. The summed E-state index contributed by atoms with van der Waals surface area (Å²) in [6.07, 6.45) is 3.20. The van der Waals surface area contributed by atoms with Gasteiger partial charge in [-0.15, -0.1) is 0 Å². The number of nitrogens with one attached hydrogen (secondary N) is 1. The van der Waals surface area contributed by atoms with Gasteiger partial charge in [-0.3, -0.25) is 4.98 Å². The smallest absolute Gasteiger partial charge is 0.101 e. The van der Waals surface area contributed by atoms with Crippen LogP contribution in [0.5, 0.6) is 0 Å². The van der Waals surface area contributed by atoms with E-state index in [9.17, 15) is 0 Å². The molecule has 0 bridgehead atoms. The first-order valence-corrected chi connectivity index (χ1v) is 4.78. The third-order valence-corrected chi connectivity index (χ3v) is 2.13. The van der Waals surface area contributed by atoms with Gasteiger partial charge in [-0.05, 0) is 6.07 Å². The number of anilines is 1. The Kier molecular flexibility index (Phi) is 3.64. The maximum atomic E-state index is 9.08. The Morgan fingerprint density at radius 1 is 1.60 bits per heavy atom. The first kappa shape index (κ1) is 11.5. The fourth-order valence-electron chi connectivity index (χ4n) is 1.02. The van der Waals surface area contributed by atoms with Crippen LogP contribution in [0.3, 0.4) is 0 Å². The van der Waals surface area contributed by atoms with Crippen LogP contribution in [0.15, 0.2) is 18.5 Å². The van der Waals surface area contributed by atoms with Gasteiger partial charge in [0.05, 0.1) is 17.4 Å². The van der Waals surface area contributed by atoms with E-state index in [4.69, 9.17) is 10.4 Å². The molecule has 0 unspecified atom stereocenters. The van der Waals surface area contributed by atoms with Crippen LogP contribution in [-0.2, 0) is 0 Å². The third-order valence-electron chi connectivity index (χ3n) is 2.13. The number of aromatic nitrogens is 1. The SMILES string of the molecule is CC(C)(CO)CNc1cnccc1C#N. The van der Waals surface area contributed by atoms with Crippen molar-refractivity contribution in [1.82, 2.24) is 4.98 Å². The van der Waals surface area contributed by atoms with Crippen molar-refractivity contribution in [2.45, 2.75) is 13.8 Å². The summed E-state index contributed by atoms with van der Waals surface area (Å²) in [5.41, 5.74) is 1.07. The molecule has 1 aromatic heterocycles. The van der Waals surface area contributed by atoms with Gasteiger partial charge in [0, 0.05) is 24.8 Å². The second-order valence-corrected chi connectivity index (χ2v) is 4.21. The molecule has 0 atom stereocenters. The van der Waals surface area contributed by atoms with Gasteiger partial charge in [0.25, 0.3) is 0 Å². The highest BCUT2D eigenvalue weighted by Crippen LogP contribution is 2.17. The lowest BCUT2D eigenvalue weighted by atomic mass is 9.95. The van der Waals surface area contributed by atoms with Crippen LogP contribution in [0.4, 0.5) is 5.69 Å². The lowest BCUT2D eigenvalue weighted by Gasteiger charge is -2.22. The number of pyridine rings is 1. The van der Waals surface area contributed by atoms with E-state index in [1.807, 2.05) is 13.8 Å². The molecule has 80 valence electrons. The normalized spacial score (nSPS) is 10.8. The molecule has 4 heteroatoms. The number of aliphatic hydroxyl groups excluding tert-OH is 1. The number of nitrogens with zero attached hydrogens (tertiary/aromatic N) is 2. The van der Waals surface area contributed by atoms with Crippen molar-refractivity contribution in [3.05, 3.63) is 24.0 Å². The topological polar surface area (TPSA) is 68.9 Å². The molecule has 0 saturated carbocycles. The van der Waals surface area contributed by atoms with E-state index in [2.05, 4.69) is 16.4 Å².